The predicted molar refractivity (Wildman–Crippen MR) is 143 cm³/mol. The second-order valence-electron chi connectivity index (χ2n) is 8.17. The van der Waals surface area contributed by atoms with Crippen LogP contribution in [0.15, 0.2) is 75.3 Å². The first-order chi connectivity index (χ1) is 18.0. The maximum absolute atomic E-state index is 13.9. The summed E-state index contributed by atoms with van der Waals surface area (Å²) in [5.74, 6) is 0.625. The Bertz CT molecular complexity index is 1720. The second-order valence-corrected chi connectivity index (χ2v) is 10.6. The SMILES string of the molecule is CCOC(=O)C1=C(c2ccccc2)N=c2s/c(=C\c3cc4c(cc3Cl)OCO4)c(=O)n2C1c1cccs1. The summed E-state index contributed by atoms with van der Waals surface area (Å²) in [6.07, 6.45) is 1.72. The van der Waals surface area contributed by atoms with Gasteiger partial charge in [0.1, 0.15) is 6.04 Å². The largest absolute Gasteiger partial charge is 0.463 e. The topological polar surface area (TPSA) is 79.1 Å². The minimum absolute atomic E-state index is 0.122. The number of nitrogens with zero attached hydrogens (tertiary/aromatic N) is 2. The van der Waals surface area contributed by atoms with Crippen molar-refractivity contribution in [3.63, 3.8) is 0 Å². The molecule has 37 heavy (non-hydrogen) atoms. The van der Waals surface area contributed by atoms with Gasteiger partial charge in [0, 0.05) is 16.5 Å². The number of esters is 1. The van der Waals surface area contributed by atoms with Gasteiger partial charge in [0.05, 0.1) is 27.4 Å². The number of fused-ring (bicyclic) bond motifs is 2. The van der Waals surface area contributed by atoms with E-state index in [2.05, 4.69) is 0 Å². The van der Waals surface area contributed by atoms with E-state index in [9.17, 15) is 9.59 Å². The molecule has 2 aromatic heterocycles. The fourth-order valence-electron chi connectivity index (χ4n) is 4.34. The van der Waals surface area contributed by atoms with E-state index in [4.69, 9.17) is 30.8 Å². The Balaban J connectivity index is 1.61. The highest BCUT2D eigenvalue weighted by atomic mass is 35.5. The van der Waals surface area contributed by atoms with E-state index in [1.54, 1.807) is 29.7 Å². The molecule has 6 rings (SSSR count). The van der Waals surface area contributed by atoms with Gasteiger partial charge in [0.15, 0.2) is 16.3 Å². The highest BCUT2D eigenvalue weighted by molar-refractivity contribution is 7.10. The molecule has 0 saturated heterocycles. The van der Waals surface area contributed by atoms with Gasteiger partial charge in [-0.15, -0.1) is 11.3 Å². The van der Waals surface area contributed by atoms with E-state index >= 15 is 0 Å². The van der Waals surface area contributed by atoms with Crippen LogP contribution in [0.5, 0.6) is 11.5 Å². The Morgan fingerprint density at radius 3 is 2.70 bits per heavy atom. The first-order valence-electron chi connectivity index (χ1n) is 11.5. The number of halogens is 1. The molecule has 1 atom stereocenters. The number of rotatable bonds is 5. The summed E-state index contributed by atoms with van der Waals surface area (Å²) >= 11 is 9.20. The van der Waals surface area contributed by atoms with Crippen LogP contribution in [0.3, 0.4) is 0 Å². The van der Waals surface area contributed by atoms with Gasteiger partial charge in [0.25, 0.3) is 5.56 Å². The lowest BCUT2D eigenvalue weighted by Crippen LogP contribution is -2.39. The molecule has 0 amide bonds. The minimum Gasteiger partial charge on any atom is -0.463 e. The first-order valence-corrected chi connectivity index (χ1v) is 13.5. The summed E-state index contributed by atoms with van der Waals surface area (Å²) in [6.45, 7) is 2.08. The number of benzene rings is 2. The van der Waals surface area contributed by atoms with Gasteiger partial charge in [-0.05, 0) is 36.1 Å². The van der Waals surface area contributed by atoms with Gasteiger partial charge < -0.3 is 14.2 Å². The number of carbonyl (C=O) groups is 1. The average Bonchev–Trinajstić information content (AvgIpc) is 3.65. The molecule has 0 spiro atoms. The molecule has 4 heterocycles. The summed E-state index contributed by atoms with van der Waals surface area (Å²) in [4.78, 5) is 33.4. The van der Waals surface area contributed by atoms with Crippen LogP contribution in [0, 0.1) is 0 Å². The molecule has 0 N–H and O–H groups in total. The molecule has 1 unspecified atom stereocenters. The molecule has 0 aliphatic carbocycles. The quantitative estimate of drug-likeness (QED) is 0.345. The molecule has 2 aliphatic heterocycles. The van der Waals surface area contributed by atoms with E-state index < -0.39 is 12.0 Å². The third-order valence-corrected chi connectivity index (χ3v) is 8.20. The maximum Gasteiger partial charge on any atom is 0.338 e. The molecule has 7 nitrogen and oxygen atoms in total. The molecule has 2 aromatic carbocycles. The zero-order valence-corrected chi connectivity index (χ0v) is 21.9. The third kappa shape index (κ3) is 4.19. The first kappa shape index (κ1) is 23.7. The molecule has 0 saturated carbocycles. The van der Waals surface area contributed by atoms with Gasteiger partial charge in [-0.3, -0.25) is 9.36 Å². The van der Waals surface area contributed by atoms with Crippen molar-refractivity contribution in [3.8, 4) is 11.5 Å². The summed E-state index contributed by atoms with van der Waals surface area (Å²) in [6, 6.07) is 16.0. The fraction of sp³-hybridized carbons (Fsp3) is 0.148. The van der Waals surface area contributed by atoms with Gasteiger partial charge in [-0.1, -0.05) is 59.3 Å². The summed E-state index contributed by atoms with van der Waals surface area (Å²) in [5.41, 5.74) is 1.94. The van der Waals surface area contributed by atoms with E-state index in [1.165, 1.54) is 22.7 Å². The number of thiazole rings is 1. The monoisotopic (exact) mass is 550 g/mol. The Morgan fingerprint density at radius 2 is 1.97 bits per heavy atom. The Hall–Kier alpha value is -3.66. The van der Waals surface area contributed by atoms with Crippen molar-refractivity contribution in [1.82, 2.24) is 4.57 Å². The Kier molecular flexibility index (Phi) is 6.19. The molecule has 0 radical (unpaired) electrons. The van der Waals surface area contributed by atoms with Crippen molar-refractivity contribution in [2.24, 2.45) is 4.99 Å². The number of hydrogen-bond acceptors (Lipinski definition) is 8. The van der Waals surface area contributed by atoms with Crippen molar-refractivity contribution in [3.05, 3.63) is 106 Å². The molecule has 0 bridgehead atoms. The second kappa shape index (κ2) is 9.66. The molecule has 10 heteroatoms. The highest BCUT2D eigenvalue weighted by Crippen LogP contribution is 2.38. The average molecular weight is 551 g/mol. The van der Waals surface area contributed by atoms with Crippen LogP contribution in [0.4, 0.5) is 0 Å². The van der Waals surface area contributed by atoms with Crippen LogP contribution < -0.4 is 24.4 Å². The van der Waals surface area contributed by atoms with Gasteiger partial charge >= 0.3 is 5.97 Å². The minimum atomic E-state index is -0.681. The lowest BCUT2D eigenvalue weighted by Gasteiger charge is -2.24. The summed E-state index contributed by atoms with van der Waals surface area (Å²) in [7, 11) is 0. The standard InChI is InChI=1S/C27H19ClN2O5S2/c1-2-33-26(32)22-23(15-7-4-3-5-8-15)29-27-30(24(22)20-9-6-10-36-20)25(31)21(37-27)12-16-11-18-19(13-17(16)28)35-14-34-18/h3-13,24H,2,14H2,1H3/b21-12-. The molecule has 2 aliphatic rings. The van der Waals surface area contributed by atoms with Crippen LogP contribution >= 0.6 is 34.3 Å². The van der Waals surface area contributed by atoms with E-state index in [1.807, 2.05) is 47.8 Å². The summed E-state index contributed by atoms with van der Waals surface area (Å²) < 4.78 is 18.3. The van der Waals surface area contributed by atoms with Gasteiger partial charge in [-0.25, -0.2) is 9.79 Å². The maximum atomic E-state index is 13.9. The van der Waals surface area contributed by atoms with Crippen molar-refractivity contribution < 1.29 is 19.0 Å². The highest BCUT2D eigenvalue weighted by Gasteiger charge is 2.35. The predicted octanol–water partition coefficient (Wildman–Crippen LogP) is 4.38. The number of carbonyl (C=O) groups excluding carboxylic acids is 1. The normalized spacial score (nSPS) is 16.5. The van der Waals surface area contributed by atoms with Crippen molar-refractivity contribution in [2.75, 3.05) is 13.4 Å². The molecule has 4 aromatic rings. The number of hydrogen-bond donors (Lipinski definition) is 0. The van der Waals surface area contributed by atoms with Crippen LogP contribution in [0.2, 0.25) is 5.02 Å². The van der Waals surface area contributed by atoms with Crippen molar-refractivity contribution >= 4 is 52.0 Å². The van der Waals surface area contributed by atoms with E-state index in [0.717, 1.165) is 10.4 Å². The van der Waals surface area contributed by atoms with Crippen molar-refractivity contribution in [2.45, 2.75) is 13.0 Å². The third-order valence-electron chi connectivity index (χ3n) is 5.96. The lowest BCUT2D eigenvalue weighted by molar-refractivity contribution is -0.138. The van der Waals surface area contributed by atoms with Gasteiger partial charge in [-0.2, -0.15) is 0 Å². The number of aromatic nitrogens is 1. The van der Waals surface area contributed by atoms with Gasteiger partial charge in [0.2, 0.25) is 6.79 Å². The van der Waals surface area contributed by atoms with Crippen LogP contribution in [0.1, 0.15) is 29.0 Å². The molecule has 0 fully saturated rings. The lowest BCUT2D eigenvalue weighted by atomic mass is 9.97. The molecule has 186 valence electrons. The zero-order valence-electron chi connectivity index (χ0n) is 19.5. The van der Waals surface area contributed by atoms with E-state index in [-0.39, 0.29) is 19.0 Å². The Labute approximate surface area is 224 Å². The van der Waals surface area contributed by atoms with Crippen LogP contribution in [-0.2, 0) is 9.53 Å². The fourth-order valence-corrected chi connectivity index (χ4v) is 6.36. The Morgan fingerprint density at radius 1 is 1.19 bits per heavy atom. The summed E-state index contributed by atoms with van der Waals surface area (Å²) in [5, 5.41) is 2.35. The van der Waals surface area contributed by atoms with Crippen molar-refractivity contribution in [1.29, 1.82) is 0 Å². The van der Waals surface area contributed by atoms with Crippen LogP contribution in [0.25, 0.3) is 11.8 Å². The zero-order chi connectivity index (χ0) is 25.5. The molecular weight excluding hydrogens is 532 g/mol. The smallest absolute Gasteiger partial charge is 0.338 e. The number of thiophene rings is 1. The van der Waals surface area contributed by atoms with E-state index in [0.29, 0.717) is 42.7 Å². The molecular formula is C27H19ClN2O5S2. The van der Waals surface area contributed by atoms with Crippen LogP contribution in [-0.4, -0.2) is 23.9 Å². The number of ether oxygens (including phenoxy) is 3.